The maximum Gasteiger partial charge on any atom is 0.200 e. The van der Waals surface area contributed by atoms with Gasteiger partial charge in [0.25, 0.3) is 0 Å². The van der Waals surface area contributed by atoms with E-state index < -0.39 is 11.6 Å². The minimum Gasteiger partial charge on any atom is -0.491 e. The van der Waals surface area contributed by atoms with Gasteiger partial charge in [-0.1, -0.05) is 95.2 Å². The fourth-order valence-corrected chi connectivity index (χ4v) is 5.36. The van der Waals surface area contributed by atoms with Crippen molar-refractivity contribution in [3.8, 4) is 22.6 Å². The average molecular weight is 539 g/mol. The number of ether oxygens (including phenoxy) is 2. The van der Waals surface area contributed by atoms with E-state index in [9.17, 15) is 13.2 Å². The molecule has 210 valence electrons. The predicted octanol–water partition coefficient (Wildman–Crippen LogP) is 10.4. The van der Waals surface area contributed by atoms with Gasteiger partial charge in [0.15, 0.2) is 23.1 Å². The summed E-state index contributed by atoms with van der Waals surface area (Å²) in [5.74, 6) is -1.17. The Bertz CT molecular complexity index is 1180. The Kier molecular flexibility index (Phi) is 10.8. The molecule has 2 nitrogen and oxygen atoms in total. The lowest BCUT2D eigenvalue weighted by Crippen LogP contribution is -2.13. The summed E-state index contributed by atoms with van der Waals surface area (Å²) in [6, 6.07) is 15.7. The first-order chi connectivity index (χ1) is 19.0. The fraction of sp³-hybridized carbons (Fsp3) is 0.471. The van der Waals surface area contributed by atoms with Crippen LogP contribution in [-0.4, -0.2) is 6.61 Å². The molecule has 39 heavy (non-hydrogen) atoms. The van der Waals surface area contributed by atoms with Crippen LogP contribution in [0.4, 0.5) is 13.2 Å². The highest BCUT2D eigenvalue weighted by Crippen LogP contribution is 2.38. The molecule has 3 aromatic carbocycles. The number of unbranched alkanes of at least 4 members (excludes halogenated alkanes) is 5. The third kappa shape index (κ3) is 8.03. The van der Waals surface area contributed by atoms with E-state index in [1.165, 1.54) is 31.7 Å². The Balaban J connectivity index is 1.29. The molecule has 0 unspecified atom stereocenters. The van der Waals surface area contributed by atoms with Gasteiger partial charge in [0, 0.05) is 0 Å². The van der Waals surface area contributed by atoms with Gasteiger partial charge in [-0.25, -0.2) is 8.78 Å². The summed E-state index contributed by atoms with van der Waals surface area (Å²) < 4.78 is 55.5. The lowest BCUT2D eigenvalue weighted by atomic mass is 9.79. The topological polar surface area (TPSA) is 18.5 Å². The zero-order valence-electron chi connectivity index (χ0n) is 23.3. The van der Waals surface area contributed by atoms with Crippen LogP contribution in [0.5, 0.6) is 11.5 Å². The molecule has 0 aromatic heterocycles. The highest BCUT2D eigenvalue weighted by atomic mass is 19.2. The predicted molar refractivity (Wildman–Crippen MR) is 152 cm³/mol. The zero-order valence-corrected chi connectivity index (χ0v) is 23.3. The van der Waals surface area contributed by atoms with Gasteiger partial charge >= 0.3 is 0 Å². The summed E-state index contributed by atoms with van der Waals surface area (Å²) in [6.45, 7) is 5.03. The third-order valence-corrected chi connectivity index (χ3v) is 7.90. The molecule has 0 amide bonds. The Labute approximate surface area is 231 Å². The van der Waals surface area contributed by atoms with E-state index in [0.29, 0.717) is 18.1 Å². The van der Waals surface area contributed by atoms with Crippen LogP contribution in [0, 0.1) is 23.4 Å². The molecular weight excluding hydrogens is 497 g/mol. The second-order valence-electron chi connectivity index (χ2n) is 11.0. The van der Waals surface area contributed by atoms with Gasteiger partial charge in [-0.2, -0.15) is 4.39 Å². The van der Waals surface area contributed by atoms with Crippen LogP contribution in [-0.2, 0) is 6.61 Å². The van der Waals surface area contributed by atoms with Gasteiger partial charge in [0.2, 0.25) is 5.82 Å². The summed E-state index contributed by atoms with van der Waals surface area (Å²) in [4.78, 5) is 0. The maximum atomic E-state index is 14.8. The van der Waals surface area contributed by atoms with E-state index in [0.717, 1.165) is 55.2 Å². The van der Waals surface area contributed by atoms with Crippen molar-refractivity contribution in [2.75, 3.05) is 6.61 Å². The van der Waals surface area contributed by atoms with Crippen LogP contribution in [0.15, 0.2) is 54.6 Å². The molecule has 0 N–H and O–H groups in total. The molecule has 5 heteroatoms. The van der Waals surface area contributed by atoms with Crippen LogP contribution >= 0.6 is 0 Å². The Morgan fingerprint density at radius 2 is 1.36 bits per heavy atom. The molecule has 1 aliphatic carbocycles. The number of halogens is 3. The lowest BCUT2D eigenvalue weighted by molar-refractivity contribution is 0.282. The quantitative estimate of drug-likeness (QED) is 0.202. The molecule has 1 fully saturated rings. The van der Waals surface area contributed by atoms with Gasteiger partial charge in [0.05, 0.1) is 6.61 Å². The summed E-state index contributed by atoms with van der Waals surface area (Å²) in [6.07, 6.45) is 10.8. The number of hydrogen-bond acceptors (Lipinski definition) is 2. The van der Waals surface area contributed by atoms with Gasteiger partial charge in [0.1, 0.15) is 6.61 Å². The molecule has 0 spiro atoms. The molecular formula is C34H41F3O2. The highest BCUT2D eigenvalue weighted by molar-refractivity contribution is 5.64. The molecule has 0 radical (unpaired) electrons. The van der Waals surface area contributed by atoms with Gasteiger partial charge < -0.3 is 9.47 Å². The highest BCUT2D eigenvalue weighted by Gasteiger charge is 2.25. The summed E-state index contributed by atoms with van der Waals surface area (Å²) in [7, 11) is 0. The standard InChI is InChI=1S/C34H41F3O2/c1-3-4-5-6-7-8-21-38-31-19-17-28(22-30(31)35)26-15-11-25(12-16-26)23-39-32-20-18-29(33(36)34(32)37)27-13-9-24(2)10-14-27/h11-12,15-20,22,24,27H,3-10,13-14,21,23H2,1-2H3. The molecule has 4 rings (SSSR count). The summed E-state index contributed by atoms with van der Waals surface area (Å²) in [5, 5.41) is 0. The molecule has 0 aliphatic heterocycles. The Morgan fingerprint density at radius 1 is 0.692 bits per heavy atom. The SMILES string of the molecule is CCCCCCCCOc1ccc(-c2ccc(COc3ccc(C4CCC(C)CC4)c(F)c3F)cc2)cc1F. The Hall–Kier alpha value is -2.95. The summed E-state index contributed by atoms with van der Waals surface area (Å²) >= 11 is 0. The second kappa shape index (κ2) is 14.4. The van der Waals surface area contributed by atoms with Crippen molar-refractivity contribution < 1.29 is 22.6 Å². The van der Waals surface area contributed by atoms with Crippen LogP contribution in [0.1, 0.15) is 95.1 Å². The minimum absolute atomic E-state index is 0.0723. The zero-order chi connectivity index (χ0) is 27.6. The van der Waals surface area contributed by atoms with Crippen molar-refractivity contribution in [3.63, 3.8) is 0 Å². The average Bonchev–Trinajstić information content (AvgIpc) is 2.95. The Morgan fingerprint density at radius 3 is 2.08 bits per heavy atom. The molecule has 1 aliphatic rings. The van der Waals surface area contributed by atoms with Crippen molar-refractivity contribution >= 4 is 0 Å². The van der Waals surface area contributed by atoms with E-state index in [-0.39, 0.29) is 29.8 Å². The molecule has 0 heterocycles. The maximum absolute atomic E-state index is 14.8. The van der Waals surface area contributed by atoms with E-state index in [2.05, 4.69) is 13.8 Å². The van der Waals surface area contributed by atoms with Crippen molar-refractivity contribution in [1.29, 1.82) is 0 Å². The number of hydrogen-bond donors (Lipinski definition) is 0. The molecule has 1 saturated carbocycles. The fourth-order valence-electron chi connectivity index (χ4n) is 5.36. The monoisotopic (exact) mass is 538 g/mol. The van der Waals surface area contributed by atoms with Crippen molar-refractivity contribution in [2.45, 2.75) is 90.6 Å². The third-order valence-electron chi connectivity index (χ3n) is 7.90. The van der Waals surface area contributed by atoms with Crippen LogP contribution in [0.2, 0.25) is 0 Å². The van der Waals surface area contributed by atoms with Crippen molar-refractivity contribution in [3.05, 3.63) is 83.2 Å². The molecule has 0 atom stereocenters. The number of rotatable bonds is 13. The van der Waals surface area contributed by atoms with Gasteiger partial charge in [-0.15, -0.1) is 0 Å². The number of benzene rings is 3. The van der Waals surface area contributed by atoms with Crippen LogP contribution in [0.3, 0.4) is 0 Å². The van der Waals surface area contributed by atoms with Gasteiger partial charge in [-0.3, -0.25) is 0 Å². The molecule has 0 bridgehead atoms. The van der Waals surface area contributed by atoms with E-state index in [4.69, 9.17) is 9.47 Å². The van der Waals surface area contributed by atoms with Crippen molar-refractivity contribution in [1.82, 2.24) is 0 Å². The smallest absolute Gasteiger partial charge is 0.200 e. The first-order valence-corrected chi connectivity index (χ1v) is 14.6. The minimum atomic E-state index is -0.919. The van der Waals surface area contributed by atoms with E-state index in [1.54, 1.807) is 18.2 Å². The van der Waals surface area contributed by atoms with Crippen LogP contribution < -0.4 is 9.47 Å². The van der Waals surface area contributed by atoms with E-state index in [1.807, 2.05) is 30.3 Å². The normalized spacial score (nSPS) is 17.3. The van der Waals surface area contributed by atoms with E-state index >= 15 is 0 Å². The largest absolute Gasteiger partial charge is 0.491 e. The second-order valence-corrected chi connectivity index (χ2v) is 11.0. The van der Waals surface area contributed by atoms with Crippen LogP contribution in [0.25, 0.3) is 11.1 Å². The first kappa shape index (κ1) is 29.0. The lowest BCUT2D eigenvalue weighted by Gasteiger charge is -2.27. The molecule has 0 saturated heterocycles. The first-order valence-electron chi connectivity index (χ1n) is 14.6. The molecule has 3 aromatic rings. The van der Waals surface area contributed by atoms with Gasteiger partial charge in [-0.05, 0) is 71.6 Å². The van der Waals surface area contributed by atoms with Crippen molar-refractivity contribution in [2.24, 2.45) is 5.92 Å². The summed E-state index contributed by atoms with van der Waals surface area (Å²) in [5.41, 5.74) is 2.86.